The number of methoxy groups -OCH3 is 1. The van der Waals surface area contributed by atoms with E-state index in [9.17, 15) is 18.8 Å². The Morgan fingerprint density at radius 2 is 2.13 bits per heavy atom. The van der Waals surface area contributed by atoms with Gasteiger partial charge in [-0.1, -0.05) is 6.07 Å². The highest BCUT2D eigenvalue weighted by molar-refractivity contribution is 6.01. The Balaban J connectivity index is 1.86. The fourth-order valence-corrected chi connectivity index (χ4v) is 3.22. The number of amides is 2. The van der Waals surface area contributed by atoms with Crippen molar-refractivity contribution in [3.8, 4) is 11.5 Å². The lowest BCUT2D eigenvalue weighted by Crippen LogP contribution is -2.45. The van der Waals surface area contributed by atoms with Crippen LogP contribution < -0.4 is 15.2 Å². The van der Waals surface area contributed by atoms with Crippen LogP contribution in [0.1, 0.15) is 35.7 Å². The third-order valence-electron chi connectivity index (χ3n) is 4.75. The molecule has 1 unspecified atom stereocenters. The normalized spacial score (nSPS) is 15.2. The van der Waals surface area contributed by atoms with Gasteiger partial charge in [0.1, 0.15) is 29.9 Å². The first-order chi connectivity index (χ1) is 14.7. The fourth-order valence-electron chi connectivity index (χ4n) is 3.22. The number of halogens is 1. The molecule has 1 aliphatic heterocycles. The minimum Gasteiger partial charge on any atom is -0.497 e. The molecule has 0 aromatic heterocycles. The van der Waals surface area contributed by atoms with Gasteiger partial charge in [0, 0.05) is 23.1 Å². The average Bonchev–Trinajstić information content (AvgIpc) is 3.09. The lowest BCUT2D eigenvalue weighted by molar-refractivity contribution is -0.137. The summed E-state index contributed by atoms with van der Waals surface area (Å²) < 4.78 is 33.3. The molecule has 158 valence electrons. The number of nitrogens with zero attached hydrogens (tertiary/aromatic N) is 1. The number of aliphatic carboxylic acids is 1. The van der Waals surface area contributed by atoms with Gasteiger partial charge in [-0.2, -0.15) is 0 Å². The first-order valence-corrected chi connectivity index (χ1v) is 9.08. The van der Waals surface area contributed by atoms with Gasteiger partial charge in [0.05, 0.1) is 15.0 Å². The molecule has 0 aliphatic carbocycles. The molecule has 30 heavy (non-hydrogen) atoms. The zero-order chi connectivity index (χ0) is 22.8. The van der Waals surface area contributed by atoms with Crippen molar-refractivity contribution in [2.75, 3.05) is 7.11 Å². The number of ether oxygens (including phenoxy) is 2. The summed E-state index contributed by atoms with van der Waals surface area (Å²) in [7, 11) is 1.46. The molecule has 3 N–H and O–H groups in total. The molecule has 0 spiro atoms. The minimum atomic E-state index is -2.23. The van der Waals surface area contributed by atoms with Crippen LogP contribution in [0.5, 0.6) is 11.5 Å². The summed E-state index contributed by atoms with van der Waals surface area (Å²) in [6, 6.07) is 6.64. The lowest BCUT2D eigenvalue weighted by atomic mass is 10.1. The van der Waals surface area contributed by atoms with Gasteiger partial charge in [-0.05, 0) is 36.8 Å². The summed E-state index contributed by atoms with van der Waals surface area (Å²) in [6.07, 6.45) is -0.965. The molecule has 2 aromatic rings. The van der Waals surface area contributed by atoms with Crippen LogP contribution in [0.15, 0.2) is 36.4 Å². The summed E-state index contributed by atoms with van der Waals surface area (Å²) in [6.45, 7) is -0.314. The Hall–Kier alpha value is -3.62. The second kappa shape index (κ2) is 8.81. The van der Waals surface area contributed by atoms with Crippen molar-refractivity contribution in [1.29, 1.82) is 0 Å². The highest BCUT2D eigenvalue weighted by atomic mass is 19.1. The number of hydrogen-bond acceptors (Lipinski definition) is 5. The minimum absolute atomic E-state index is 0.144. The quantitative estimate of drug-likeness (QED) is 0.645. The third kappa shape index (κ3) is 4.35. The van der Waals surface area contributed by atoms with Gasteiger partial charge >= 0.3 is 5.97 Å². The SMILES string of the molecule is [2H]C(CCC(=O)O)(C(N)=O)N1Cc2c(OCc3cc(OC)ccc3F)cccc2C1=O. The first kappa shape index (κ1) is 19.7. The van der Waals surface area contributed by atoms with E-state index in [-0.39, 0.29) is 30.0 Å². The van der Waals surface area contributed by atoms with Crippen LogP contribution in [0.2, 0.25) is 0 Å². The molecule has 1 aliphatic rings. The molecule has 2 amide bonds. The first-order valence-electron chi connectivity index (χ1n) is 9.58. The Bertz CT molecular complexity index is 1050. The number of carboxylic acids is 1. The Morgan fingerprint density at radius 1 is 1.37 bits per heavy atom. The number of hydrogen-bond donors (Lipinski definition) is 2. The molecule has 8 nitrogen and oxygen atoms in total. The number of carboxylic acid groups (broad SMARTS) is 1. The number of carbonyl (C=O) groups excluding carboxylic acids is 2. The van der Waals surface area contributed by atoms with Crippen molar-refractivity contribution in [3.63, 3.8) is 0 Å². The molecule has 0 bridgehead atoms. The standard InChI is InChI=1S/C21H21FN2O6/c1-29-13-5-6-16(22)12(9-13)11-30-18-4-2-3-14-15(18)10-24(21(14)28)17(20(23)27)7-8-19(25)26/h2-6,9,17H,7-8,10-11H2,1H3,(H2,23,27)(H,25,26)/i17D. The highest BCUT2D eigenvalue weighted by Gasteiger charge is 2.37. The third-order valence-corrected chi connectivity index (χ3v) is 4.75. The number of benzene rings is 2. The molecule has 1 heterocycles. The maximum Gasteiger partial charge on any atom is 0.303 e. The van der Waals surface area contributed by atoms with Crippen LogP contribution in [0.25, 0.3) is 0 Å². The molecular weight excluding hydrogens is 395 g/mol. The number of carbonyl (C=O) groups is 3. The lowest BCUT2D eigenvalue weighted by Gasteiger charge is -2.24. The molecule has 9 heteroatoms. The monoisotopic (exact) mass is 417 g/mol. The molecule has 3 rings (SSSR count). The van der Waals surface area contributed by atoms with Gasteiger partial charge in [-0.15, -0.1) is 0 Å². The van der Waals surface area contributed by atoms with Crippen molar-refractivity contribution in [2.24, 2.45) is 5.73 Å². The molecule has 0 fully saturated rings. The van der Waals surface area contributed by atoms with E-state index in [0.29, 0.717) is 11.3 Å². The van der Waals surface area contributed by atoms with Gasteiger partial charge in [0.2, 0.25) is 5.91 Å². The van der Waals surface area contributed by atoms with Crippen molar-refractivity contribution in [2.45, 2.75) is 32.0 Å². The van der Waals surface area contributed by atoms with Crippen LogP contribution in [-0.2, 0) is 22.7 Å². The fraction of sp³-hybridized carbons (Fsp3) is 0.286. The summed E-state index contributed by atoms with van der Waals surface area (Å²) >= 11 is 0. The summed E-state index contributed by atoms with van der Waals surface area (Å²) in [4.78, 5) is 36.7. The van der Waals surface area contributed by atoms with Crippen LogP contribution in [0, 0.1) is 5.82 Å². The van der Waals surface area contributed by atoms with Gasteiger partial charge in [0.15, 0.2) is 0 Å². The van der Waals surface area contributed by atoms with Gasteiger partial charge in [-0.25, -0.2) is 4.39 Å². The molecular formula is C21H21FN2O6. The highest BCUT2D eigenvalue weighted by Crippen LogP contribution is 2.33. The van der Waals surface area contributed by atoms with E-state index in [2.05, 4.69) is 0 Å². The van der Waals surface area contributed by atoms with Crippen LogP contribution >= 0.6 is 0 Å². The maximum atomic E-state index is 14.1. The summed E-state index contributed by atoms with van der Waals surface area (Å²) in [5.74, 6) is -2.73. The van der Waals surface area contributed by atoms with E-state index in [4.69, 9.17) is 21.7 Å². The second-order valence-electron chi connectivity index (χ2n) is 6.62. The van der Waals surface area contributed by atoms with Gasteiger partial charge in [0.25, 0.3) is 5.91 Å². The Labute approximate surface area is 173 Å². The van der Waals surface area contributed by atoms with Crippen LogP contribution in [-0.4, -0.2) is 40.9 Å². The van der Waals surface area contributed by atoms with Crippen LogP contribution in [0.3, 0.4) is 0 Å². The zero-order valence-electron chi connectivity index (χ0n) is 17.2. The van der Waals surface area contributed by atoms with Crippen molar-refractivity contribution in [3.05, 3.63) is 58.9 Å². The zero-order valence-corrected chi connectivity index (χ0v) is 16.2. The Morgan fingerprint density at radius 3 is 2.80 bits per heavy atom. The van der Waals surface area contributed by atoms with E-state index in [1.807, 2.05) is 0 Å². The van der Waals surface area contributed by atoms with E-state index >= 15 is 0 Å². The molecule has 1 atom stereocenters. The van der Waals surface area contributed by atoms with Crippen molar-refractivity contribution < 1.29 is 34.7 Å². The van der Waals surface area contributed by atoms with Gasteiger partial charge < -0.3 is 25.2 Å². The van der Waals surface area contributed by atoms with Gasteiger partial charge in [-0.3, -0.25) is 14.4 Å². The van der Waals surface area contributed by atoms with Crippen molar-refractivity contribution in [1.82, 2.24) is 4.90 Å². The largest absolute Gasteiger partial charge is 0.497 e. The molecule has 0 saturated carbocycles. The van der Waals surface area contributed by atoms with E-state index in [0.717, 1.165) is 4.90 Å². The molecule has 0 radical (unpaired) electrons. The Kier molecular flexibility index (Phi) is 5.78. The number of nitrogens with two attached hydrogens (primary N) is 1. The summed E-state index contributed by atoms with van der Waals surface area (Å²) in [5, 5.41) is 8.92. The second-order valence-corrected chi connectivity index (χ2v) is 6.62. The molecule has 0 saturated heterocycles. The van der Waals surface area contributed by atoms with E-state index < -0.39 is 42.5 Å². The van der Waals surface area contributed by atoms with E-state index in [1.54, 1.807) is 12.1 Å². The predicted octanol–water partition coefficient (Wildman–Crippen LogP) is 2.09. The maximum absolute atomic E-state index is 14.1. The van der Waals surface area contributed by atoms with Crippen molar-refractivity contribution >= 4 is 17.8 Å². The smallest absolute Gasteiger partial charge is 0.303 e. The number of primary amides is 1. The summed E-state index contributed by atoms with van der Waals surface area (Å²) in [5.41, 5.74) is 6.21. The van der Waals surface area contributed by atoms with Crippen LogP contribution in [0.4, 0.5) is 4.39 Å². The van der Waals surface area contributed by atoms with E-state index in [1.165, 1.54) is 31.4 Å². The molecule has 2 aromatic carbocycles. The number of fused-ring (bicyclic) bond motifs is 1. The topological polar surface area (TPSA) is 119 Å². The number of rotatable bonds is 9. The average molecular weight is 417 g/mol. The predicted molar refractivity (Wildman–Crippen MR) is 103 cm³/mol.